The van der Waals surface area contributed by atoms with Crippen molar-refractivity contribution in [2.75, 3.05) is 0 Å². The predicted octanol–water partition coefficient (Wildman–Crippen LogP) is 4.79. The highest BCUT2D eigenvalue weighted by atomic mass is 35.5. The number of rotatable bonds is 4. The first-order chi connectivity index (χ1) is 12.3. The van der Waals surface area contributed by atoms with Crippen LogP contribution in [0.15, 0.2) is 30.3 Å². The summed E-state index contributed by atoms with van der Waals surface area (Å²) in [5.41, 5.74) is 0.680. The van der Waals surface area contributed by atoms with Gasteiger partial charge < -0.3 is 19.7 Å². The lowest BCUT2D eigenvalue weighted by Gasteiger charge is -2.21. The zero-order valence-electron chi connectivity index (χ0n) is 12.7. The minimum absolute atomic E-state index is 0.00339. The average Bonchev–Trinajstić information content (AvgIpc) is 2.53. The van der Waals surface area contributed by atoms with Crippen LogP contribution in [0.25, 0.3) is 11.8 Å². The molecule has 2 aromatic rings. The normalized spacial score (nSPS) is 11.7. The lowest BCUT2D eigenvalue weighted by molar-refractivity contribution is 0.103. The summed E-state index contributed by atoms with van der Waals surface area (Å²) in [6, 6.07) is 7.06. The number of ketones is 1. The van der Waals surface area contributed by atoms with Gasteiger partial charge in [-0.1, -0.05) is 29.3 Å². The van der Waals surface area contributed by atoms with E-state index in [1.807, 2.05) is 0 Å². The maximum absolute atomic E-state index is 12.8. The standard InChI is InChI=1S/C17H8Cl2O7/c18-10-2-1-3-11(19)14(10)15(20)9-4-7-5-12(25-16(21)22)8(7)6-13(9)26-17(23)24/h1-6H,(H,21,22)(H,23,24). The minimum atomic E-state index is -1.65. The van der Waals surface area contributed by atoms with E-state index >= 15 is 0 Å². The molecule has 3 rings (SSSR count). The number of benzene rings is 2. The van der Waals surface area contributed by atoms with Crippen LogP contribution >= 0.6 is 23.2 Å². The highest BCUT2D eigenvalue weighted by Crippen LogP contribution is 2.40. The second kappa shape index (κ2) is 6.70. The number of halogens is 2. The first kappa shape index (κ1) is 17.8. The second-order valence-corrected chi connectivity index (χ2v) is 5.92. The van der Waals surface area contributed by atoms with Crippen molar-refractivity contribution in [3.63, 3.8) is 0 Å². The van der Waals surface area contributed by atoms with Crippen LogP contribution in [0.1, 0.15) is 27.0 Å². The van der Waals surface area contributed by atoms with E-state index in [4.69, 9.17) is 33.4 Å². The van der Waals surface area contributed by atoms with Crippen molar-refractivity contribution in [3.05, 3.63) is 62.6 Å². The quantitative estimate of drug-likeness (QED) is 0.435. The molecule has 0 heterocycles. The van der Waals surface area contributed by atoms with Crippen molar-refractivity contribution in [2.45, 2.75) is 0 Å². The number of hydrogen-bond acceptors (Lipinski definition) is 5. The molecule has 1 aliphatic rings. The first-order valence-electron chi connectivity index (χ1n) is 6.98. The van der Waals surface area contributed by atoms with Crippen molar-refractivity contribution in [1.29, 1.82) is 0 Å². The molecule has 0 saturated heterocycles. The van der Waals surface area contributed by atoms with Crippen molar-refractivity contribution in [2.24, 2.45) is 0 Å². The highest BCUT2D eigenvalue weighted by molar-refractivity contribution is 6.41. The van der Waals surface area contributed by atoms with Gasteiger partial charge in [0.05, 0.1) is 21.2 Å². The fraction of sp³-hybridized carbons (Fsp3) is 0. The van der Waals surface area contributed by atoms with Gasteiger partial charge in [0.15, 0.2) is 5.78 Å². The number of carbonyl (C=O) groups is 3. The van der Waals surface area contributed by atoms with E-state index in [0.717, 1.165) is 0 Å². The monoisotopic (exact) mass is 394 g/mol. The summed E-state index contributed by atoms with van der Waals surface area (Å²) in [4.78, 5) is 34.4. The SMILES string of the molecule is O=C(O)OC1=Cc2cc(C(=O)c3c(Cl)cccc3Cl)c(OC(=O)O)cc21. The maximum atomic E-state index is 12.8. The summed E-state index contributed by atoms with van der Waals surface area (Å²) in [5, 5.41) is 17.8. The molecule has 2 aromatic carbocycles. The Kier molecular flexibility index (Phi) is 4.58. The third-order valence-corrected chi connectivity index (χ3v) is 4.16. The third-order valence-electron chi connectivity index (χ3n) is 3.53. The number of hydrogen-bond donors (Lipinski definition) is 2. The lowest BCUT2D eigenvalue weighted by Crippen LogP contribution is -2.14. The summed E-state index contributed by atoms with van der Waals surface area (Å²) in [6.07, 6.45) is -1.78. The van der Waals surface area contributed by atoms with E-state index in [0.29, 0.717) is 11.1 Å². The Morgan fingerprint density at radius 2 is 1.54 bits per heavy atom. The van der Waals surface area contributed by atoms with Gasteiger partial charge in [-0.25, -0.2) is 9.59 Å². The van der Waals surface area contributed by atoms with Crippen LogP contribution in [0.3, 0.4) is 0 Å². The third kappa shape index (κ3) is 3.22. The van der Waals surface area contributed by atoms with Gasteiger partial charge in [-0.15, -0.1) is 0 Å². The Bertz CT molecular complexity index is 975. The minimum Gasteiger partial charge on any atom is -0.449 e. The molecule has 132 valence electrons. The summed E-state index contributed by atoms with van der Waals surface area (Å²) in [5.74, 6) is -0.921. The van der Waals surface area contributed by atoms with Crippen LogP contribution in [0.2, 0.25) is 10.0 Å². The molecule has 0 radical (unpaired) electrons. The van der Waals surface area contributed by atoms with E-state index in [-0.39, 0.29) is 32.7 Å². The number of carbonyl (C=O) groups excluding carboxylic acids is 1. The Balaban J connectivity index is 2.09. The van der Waals surface area contributed by atoms with Crippen LogP contribution in [0.4, 0.5) is 9.59 Å². The van der Waals surface area contributed by atoms with E-state index in [1.165, 1.54) is 30.3 Å². The zero-order valence-corrected chi connectivity index (χ0v) is 14.2. The zero-order chi connectivity index (χ0) is 19.0. The van der Waals surface area contributed by atoms with Crippen LogP contribution in [-0.4, -0.2) is 28.3 Å². The molecule has 0 aliphatic heterocycles. The van der Waals surface area contributed by atoms with E-state index in [1.54, 1.807) is 6.07 Å². The molecule has 0 spiro atoms. The first-order valence-corrected chi connectivity index (χ1v) is 7.74. The smallest absolute Gasteiger partial charge is 0.449 e. The molecule has 0 aromatic heterocycles. The van der Waals surface area contributed by atoms with Gasteiger partial charge in [-0.2, -0.15) is 0 Å². The van der Waals surface area contributed by atoms with Crippen LogP contribution in [0.5, 0.6) is 5.75 Å². The predicted molar refractivity (Wildman–Crippen MR) is 92.0 cm³/mol. The molecule has 0 amide bonds. The Hall–Kier alpha value is -3.03. The molecule has 9 heteroatoms. The summed E-state index contributed by atoms with van der Waals surface area (Å²) < 4.78 is 9.21. The fourth-order valence-corrected chi connectivity index (χ4v) is 3.02. The van der Waals surface area contributed by atoms with Gasteiger partial charge in [0.2, 0.25) is 0 Å². The number of carboxylic acid groups (broad SMARTS) is 2. The van der Waals surface area contributed by atoms with Crippen LogP contribution in [-0.2, 0) is 4.74 Å². The summed E-state index contributed by atoms with van der Waals surface area (Å²) in [7, 11) is 0. The molecule has 7 nitrogen and oxygen atoms in total. The molecule has 0 bridgehead atoms. The van der Waals surface area contributed by atoms with E-state index < -0.39 is 18.1 Å². The second-order valence-electron chi connectivity index (χ2n) is 5.11. The molecule has 26 heavy (non-hydrogen) atoms. The molecule has 0 saturated carbocycles. The average molecular weight is 395 g/mol. The molecule has 2 N–H and O–H groups in total. The molecule has 0 unspecified atom stereocenters. The Morgan fingerprint density at radius 1 is 0.923 bits per heavy atom. The van der Waals surface area contributed by atoms with Gasteiger partial charge in [0, 0.05) is 5.56 Å². The van der Waals surface area contributed by atoms with Crippen molar-refractivity contribution < 1.29 is 34.1 Å². The Labute approximate surface area is 156 Å². The lowest BCUT2D eigenvalue weighted by atomic mass is 9.90. The number of ether oxygens (including phenoxy) is 2. The van der Waals surface area contributed by atoms with Gasteiger partial charge in [0.1, 0.15) is 11.5 Å². The largest absolute Gasteiger partial charge is 0.511 e. The van der Waals surface area contributed by atoms with E-state index in [2.05, 4.69) is 9.47 Å². The van der Waals surface area contributed by atoms with Gasteiger partial charge in [-0.3, -0.25) is 4.79 Å². The van der Waals surface area contributed by atoms with Crippen molar-refractivity contribution >= 4 is 53.1 Å². The fourth-order valence-electron chi connectivity index (χ4n) is 2.45. The van der Waals surface area contributed by atoms with Crippen molar-refractivity contribution in [3.8, 4) is 5.75 Å². The summed E-state index contributed by atoms with van der Waals surface area (Å²) in [6.45, 7) is 0. The van der Waals surface area contributed by atoms with Crippen LogP contribution in [0, 0.1) is 0 Å². The molecular weight excluding hydrogens is 387 g/mol. The molecular formula is C17H8Cl2O7. The Morgan fingerprint density at radius 3 is 2.12 bits per heavy atom. The molecule has 0 atom stereocenters. The van der Waals surface area contributed by atoms with E-state index in [9.17, 15) is 14.4 Å². The molecule has 0 fully saturated rings. The van der Waals surface area contributed by atoms with Gasteiger partial charge in [-0.05, 0) is 35.9 Å². The number of fused-ring (bicyclic) bond motifs is 1. The van der Waals surface area contributed by atoms with Gasteiger partial charge >= 0.3 is 12.3 Å². The highest BCUT2D eigenvalue weighted by Gasteiger charge is 2.28. The maximum Gasteiger partial charge on any atom is 0.511 e. The topological polar surface area (TPSA) is 110 Å². The summed E-state index contributed by atoms with van der Waals surface area (Å²) >= 11 is 12.1. The van der Waals surface area contributed by atoms with Crippen LogP contribution < -0.4 is 4.74 Å². The van der Waals surface area contributed by atoms with Crippen molar-refractivity contribution in [1.82, 2.24) is 0 Å². The van der Waals surface area contributed by atoms with Gasteiger partial charge in [0.25, 0.3) is 0 Å². The molecule has 1 aliphatic carbocycles.